The molecule has 1 aromatic carbocycles. The van der Waals surface area contributed by atoms with Crippen molar-refractivity contribution >= 4 is 29.1 Å². The molecule has 104 valence electrons. The molecule has 0 heterocycles. The van der Waals surface area contributed by atoms with E-state index >= 15 is 0 Å². The van der Waals surface area contributed by atoms with Crippen molar-refractivity contribution < 1.29 is 14.0 Å². The van der Waals surface area contributed by atoms with E-state index < -0.39 is 11.7 Å². The molecule has 2 N–H and O–H groups in total. The topological polar surface area (TPSA) is 58.2 Å². The Bertz CT molecular complexity index is 466. The normalized spacial score (nSPS) is 10.1. The second-order valence-electron chi connectivity index (χ2n) is 4.05. The second-order valence-corrected chi connectivity index (χ2v) is 4.46. The second kappa shape index (κ2) is 7.74. The maximum absolute atomic E-state index is 13.0. The number of benzene rings is 1. The summed E-state index contributed by atoms with van der Waals surface area (Å²) in [6, 6.07) is 3.64. The molecule has 2 amide bonds. The van der Waals surface area contributed by atoms with E-state index in [1.165, 1.54) is 12.1 Å². The van der Waals surface area contributed by atoms with Crippen LogP contribution in [0.25, 0.3) is 0 Å². The van der Waals surface area contributed by atoms with E-state index in [1.54, 1.807) is 0 Å². The van der Waals surface area contributed by atoms with Crippen molar-refractivity contribution in [3.05, 3.63) is 29.0 Å². The van der Waals surface area contributed by atoms with Gasteiger partial charge in [0.2, 0.25) is 11.8 Å². The summed E-state index contributed by atoms with van der Waals surface area (Å²) in [4.78, 5) is 23.0. The lowest BCUT2D eigenvalue weighted by molar-refractivity contribution is -0.126. The highest BCUT2D eigenvalue weighted by atomic mass is 35.5. The molecular formula is C13H16ClFN2O2. The van der Waals surface area contributed by atoms with Crippen molar-refractivity contribution in [2.45, 2.75) is 26.2 Å². The maximum atomic E-state index is 13.0. The summed E-state index contributed by atoms with van der Waals surface area (Å²) < 4.78 is 13.0. The zero-order valence-electron chi connectivity index (χ0n) is 10.6. The Morgan fingerprint density at radius 3 is 2.74 bits per heavy atom. The third kappa shape index (κ3) is 5.70. The fourth-order valence-electron chi connectivity index (χ4n) is 1.40. The molecule has 0 bridgehead atoms. The summed E-state index contributed by atoms with van der Waals surface area (Å²) >= 11 is 5.80. The first-order valence-electron chi connectivity index (χ1n) is 6.04. The van der Waals surface area contributed by atoms with Crippen LogP contribution >= 0.6 is 11.6 Å². The van der Waals surface area contributed by atoms with E-state index in [1.807, 2.05) is 6.92 Å². The van der Waals surface area contributed by atoms with E-state index in [2.05, 4.69) is 10.6 Å². The van der Waals surface area contributed by atoms with Crippen LogP contribution in [-0.2, 0) is 9.59 Å². The zero-order valence-corrected chi connectivity index (χ0v) is 11.4. The van der Waals surface area contributed by atoms with Crippen molar-refractivity contribution in [2.75, 3.05) is 11.9 Å². The fraction of sp³-hybridized carbons (Fsp3) is 0.385. The standard InChI is InChI=1S/C13H16ClFN2O2/c1-2-3-6-16-12(18)8-13(19)17-11-7-9(15)4-5-10(11)14/h4-5,7H,2-3,6,8H2,1H3,(H,16,18)(H,17,19). The van der Waals surface area contributed by atoms with Gasteiger partial charge in [0, 0.05) is 6.54 Å². The summed E-state index contributed by atoms with van der Waals surface area (Å²) in [5.74, 6) is -1.40. The number of anilines is 1. The average Bonchev–Trinajstić information content (AvgIpc) is 2.34. The molecule has 1 aromatic rings. The van der Waals surface area contributed by atoms with Crippen LogP contribution < -0.4 is 10.6 Å². The fourth-order valence-corrected chi connectivity index (χ4v) is 1.57. The van der Waals surface area contributed by atoms with Gasteiger partial charge in [0.15, 0.2) is 0 Å². The number of amides is 2. The van der Waals surface area contributed by atoms with Gasteiger partial charge in [-0.1, -0.05) is 24.9 Å². The highest BCUT2D eigenvalue weighted by Gasteiger charge is 2.11. The number of hydrogen-bond acceptors (Lipinski definition) is 2. The Morgan fingerprint density at radius 2 is 2.05 bits per heavy atom. The van der Waals surface area contributed by atoms with Crippen molar-refractivity contribution in [3.63, 3.8) is 0 Å². The van der Waals surface area contributed by atoms with Crippen molar-refractivity contribution in [2.24, 2.45) is 0 Å². The number of carbonyl (C=O) groups is 2. The maximum Gasteiger partial charge on any atom is 0.233 e. The molecule has 0 saturated heterocycles. The Balaban J connectivity index is 2.46. The van der Waals surface area contributed by atoms with Gasteiger partial charge < -0.3 is 10.6 Å². The minimum Gasteiger partial charge on any atom is -0.356 e. The molecule has 0 spiro atoms. The Kier molecular flexibility index (Phi) is 6.29. The quantitative estimate of drug-likeness (QED) is 0.624. The number of hydrogen-bond donors (Lipinski definition) is 2. The van der Waals surface area contributed by atoms with Gasteiger partial charge in [-0.2, -0.15) is 0 Å². The molecule has 0 aliphatic carbocycles. The van der Waals surface area contributed by atoms with Gasteiger partial charge in [0.25, 0.3) is 0 Å². The zero-order chi connectivity index (χ0) is 14.3. The van der Waals surface area contributed by atoms with Gasteiger partial charge in [0.1, 0.15) is 12.2 Å². The number of halogens is 2. The predicted octanol–water partition coefficient (Wildman–Crippen LogP) is 2.72. The molecule has 0 fully saturated rings. The lowest BCUT2D eigenvalue weighted by Crippen LogP contribution is -2.28. The van der Waals surface area contributed by atoms with E-state index in [9.17, 15) is 14.0 Å². The van der Waals surface area contributed by atoms with Gasteiger partial charge in [-0.15, -0.1) is 0 Å². The first-order chi connectivity index (χ1) is 9.02. The van der Waals surface area contributed by atoms with Gasteiger partial charge in [-0.25, -0.2) is 4.39 Å². The highest BCUT2D eigenvalue weighted by Crippen LogP contribution is 2.22. The van der Waals surface area contributed by atoms with Crippen molar-refractivity contribution in [1.29, 1.82) is 0 Å². The van der Waals surface area contributed by atoms with Gasteiger partial charge in [-0.05, 0) is 24.6 Å². The molecule has 0 aromatic heterocycles. The van der Waals surface area contributed by atoms with Gasteiger partial charge in [-0.3, -0.25) is 9.59 Å². The molecule has 0 aliphatic rings. The van der Waals surface area contributed by atoms with Crippen LogP contribution in [0.1, 0.15) is 26.2 Å². The van der Waals surface area contributed by atoms with Crippen LogP contribution in [0, 0.1) is 5.82 Å². The Labute approximate surface area is 116 Å². The van der Waals surface area contributed by atoms with Gasteiger partial charge in [0.05, 0.1) is 10.7 Å². The van der Waals surface area contributed by atoms with Crippen LogP contribution in [0.5, 0.6) is 0 Å². The minimum absolute atomic E-state index is 0.160. The van der Waals surface area contributed by atoms with Gasteiger partial charge >= 0.3 is 0 Å². The third-order valence-corrected chi connectivity index (χ3v) is 2.71. The number of nitrogens with one attached hydrogen (secondary N) is 2. The molecule has 0 saturated carbocycles. The summed E-state index contributed by atoms with van der Waals surface area (Å²) in [5.41, 5.74) is 0.160. The molecular weight excluding hydrogens is 271 g/mol. The van der Waals surface area contributed by atoms with E-state index in [4.69, 9.17) is 11.6 Å². The smallest absolute Gasteiger partial charge is 0.233 e. The summed E-state index contributed by atoms with van der Waals surface area (Å²) in [6.07, 6.45) is 1.52. The van der Waals surface area contributed by atoms with Crippen LogP contribution in [0.3, 0.4) is 0 Å². The van der Waals surface area contributed by atoms with Crippen LogP contribution in [-0.4, -0.2) is 18.4 Å². The van der Waals surface area contributed by atoms with Crippen LogP contribution in [0.4, 0.5) is 10.1 Å². The molecule has 1 rings (SSSR count). The third-order valence-electron chi connectivity index (χ3n) is 2.38. The van der Waals surface area contributed by atoms with E-state index in [0.29, 0.717) is 6.54 Å². The Hall–Kier alpha value is -1.62. The van der Waals surface area contributed by atoms with E-state index in [-0.39, 0.29) is 23.0 Å². The monoisotopic (exact) mass is 286 g/mol. The average molecular weight is 287 g/mol. The molecule has 6 heteroatoms. The largest absolute Gasteiger partial charge is 0.356 e. The Morgan fingerprint density at radius 1 is 1.32 bits per heavy atom. The molecule has 0 unspecified atom stereocenters. The lowest BCUT2D eigenvalue weighted by atomic mass is 10.3. The number of rotatable bonds is 6. The van der Waals surface area contributed by atoms with Crippen LogP contribution in [0.2, 0.25) is 5.02 Å². The molecule has 4 nitrogen and oxygen atoms in total. The summed E-state index contributed by atoms with van der Waals surface area (Å²) in [7, 11) is 0. The number of carbonyl (C=O) groups excluding carboxylic acids is 2. The number of unbranched alkanes of at least 4 members (excludes halogenated alkanes) is 1. The van der Waals surface area contributed by atoms with Crippen molar-refractivity contribution in [1.82, 2.24) is 5.32 Å². The molecule has 0 atom stereocenters. The first-order valence-corrected chi connectivity index (χ1v) is 6.42. The molecule has 0 aliphatic heterocycles. The van der Waals surface area contributed by atoms with Crippen molar-refractivity contribution in [3.8, 4) is 0 Å². The minimum atomic E-state index is -0.526. The lowest BCUT2D eigenvalue weighted by Gasteiger charge is -2.07. The molecule has 19 heavy (non-hydrogen) atoms. The highest BCUT2D eigenvalue weighted by molar-refractivity contribution is 6.33. The molecule has 0 radical (unpaired) electrons. The summed E-state index contributed by atoms with van der Waals surface area (Å²) in [5, 5.41) is 5.24. The predicted molar refractivity (Wildman–Crippen MR) is 72.6 cm³/mol. The van der Waals surface area contributed by atoms with Crippen LogP contribution in [0.15, 0.2) is 18.2 Å². The first kappa shape index (κ1) is 15.4. The SMILES string of the molecule is CCCCNC(=O)CC(=O)Nc1cc(F)ccc1Cl. The van der Waals surface area contributed by atoms with E-state index in [0.717, 1.165) is 18.9 Å². The summed E-state index contributed by atoms with van der Waals surface area (Å²) in [6.45, 7) is 2.55.